The summed E-state index contributed by atoms with van der Waals surface area (Å²) in [6.45, 7) is 1.47. The van der Waals surface area contributed by atoms with E-state index in [2.05, 4.69) is 10.3 Å². The van der Waals surface area contributed by atoms with Gasteiger partial charge in [0.1, 0.15) is 12.0 Å². The molecule has 0 aliphatic rings. The summed E-state index contributed by atoms with van der Waals surface area (Å²) < 4.78 is 0. The lowest BCUT2D eigenvalue weighted by atomic mass is 10.0. The van der Waals surface area contributed by atoms with Gasteiger partial charge in [-0.3, -0.25) is 9.59 Å². The molecule has 0 fully saturated rings. The van der Waals surface area contributed by atoms with Crippen LogP contribution in [0.15, 0.2) is 53.3 Å². The predicted molar refractivity (Wildman–Crippen MR) is 93.5 cm³/mol. The van der Waals surface area contributed by atoms with Crippen molar-refractivity contribution in [2.45, 2.75) is 13.0 Å². The predicted octanol–water partition coefficient (Wildman–Crippen LogP) is 2.38. The highest BCUT2D eigenvalue weighted by Crippen LogP contribution is 2.24. The van der Waals surface area contributed by atoms with Crippen LogP contribution in [0.25, 0.3) is 10.9 Å². The van der Waals surface area contributed by atoms with Crippen molar-refractivity contribution in [1.82, 2.24) is 10.3 Å². The SMILES string of the molecule is O=Cc1ccc(CNCCc2ccc(O)c3[nH]c(=O)ccc23)cc1. The zero-order valence-electron chi connectivity index (χ0n) is 13.1. The van der Waals surface area contributed by atoms with E-state index in [1.54, 1.807) is 24.3 Å². The van der Waals surface area contributed by atoms with Gasteiger partial charge in [0, 0.05) is 23.6 Å². The molecule has 0 amide bonds. The van der Waals surface area contributed by atoms with Crippen LogP contribution in [0, 0.1) is 0 Å². The van der Waals surface area contributed by atoms with Crippen molar-refractivity contribution in [2.75, 3.05) is 6.54 Å². The molecule has 0 saturated heterocycles. The minimum atomic E-state index is -0.230. The van der Waals surface area contributed by atoms with Gasteiger partial charge in [-0.25, -0.2) is 0 Å². The van der Waals surface area contributed by atoms with Crippen molar-refractivity contribution >= 4 is 17.2 Å². The minimum Gasteiger partial charge on any atom is -0.506 e. The Bertz CT molecular complexity index is 914. The highest BCUT2D eigenvalue weighted by atomic mass is 16.3. The fourth-order valence-electron chi connectivity index (χ4n) is 2.68. The summed E-state index contributed by atoms with van der Waals surface area (Å²) in [7, 11) is 0. The van der Waals surface area contributed by atoms with Crippen molar-refractivity contribution in [1.29, 1.82) is 0 Å². The van der Waals surface area contributed by atoms with Crippen LogP contribution in [0.2, 0.25) is 0 Å². The van der Waals surface area contributed by atoms with E-state index in [0.717, 1.165) is 35.8 Å². The fourth-order valence-corrected chi connectivity index (χ4v) is 2.68. The number of benzene rings is 2. The first kappa shape index (κ1) is 16.0. The maximum atomic E-state index is 11.4. The van der Waals surface area contributed by atoms with Crippen LogP contribution in [0.1, 0.15) is 21.5 Å². The van der Waals surface area contributed by atoms with E-state index in [-0.39, 0.29) is 11.3 Å². The van der Waals surface area contributed by atoms with Crippen LogP contribution in [-0.4, -0.2) is 22.9 Å². The van der Waals surface area contributed by atoms with E-state index in [1.165, 1.54) is 6.07 Å². The van der Waals surface area contributed by atoms with Crippen LogP contribution < -0.4 is 10.9 Å². The molecule has 0 atom stereocenters. The zero-order valence-corrected chi connectivity index (χ0v) is 13.1. The molecular formula is C19H18N2O3. The molecule has 1 aromatic heterocycles. The number of rotatable bonds is 6. The van der Waals surface area contributed by atoms with Gasteiger partial charge in [0.2, 0.25) is 5.56 Å². The Morgan fingerprint density at radius 1 is 1.04 bits per heavy atom. The number of fused-ring (bicyclic) bond motifs is 1. The second kappa shape index (κ2) is 7.10. The molecule has 2 aromatic carbocycles. The largest absolute Gasteiger partial charge is 0.506 e. The van der Waals surface area contributed by atoms with Gasteiger partial charge in [-0.2, -0.15) is 0 Å². The molecule has 0 spiro atoms. The smallest absolute Gasteiger partial charge is 0.248 e. The number of hydrogen-bond acceptors (Lipinski definition) is 4. The number of aromatic amines is 1. The summed E-state index contributed by atoms with van der Waals surface area (Å²) in [4.78, 5) is 24.7. The van der Waals surface area contributed by atoms with Gasteiger partial charge < -0.3 is 15.4 Å². The number of aldehydes is 1. The normalized spacial score (nSPS) is 10.8. The molecule has 0 radical (unpaired) electrons. The number of carbonyl (C=O) groups excluding carboxylic acids is 1. The summed E-state index contributed by atoms with van der Waals surface area (Å²) >= 11 is 0. The molecule has 0 aliphatic carbocycles. The quantitative estimate of drug-likeness (QED) is 0.481. The van der Waals surface area contributed by atoms with Gasteiger partial charge >= 0.3 is 0 Å². The van der Waals surface area contributed by atoms with E-state index >= 15 is 0 Å². The average molecular weight is 322 g/mol. The Kier molecular flexibility index (Phi) is 4.72. The molecule has 0 bridgehead atoms. The number of phenols is 1. The van der Waals surface area contributed by atoms with Crippen LogP contribution in [-0.2, 0) is 13.0 Å². The number of H-pyrrole nitrogens is 1. The number of aromatic hydroxyl groups is 1. The number of hydrogen-bond donors (Lipinski definition) is 3. The van der Waals surface area contributed by atoms with Gasteiger partial charge in [-0.05, 0) is 36.2 Å². The minimum absolute atomic E-state index is 0.0784. The van der Waals surface area contributed by atoms with E-state index in [1.807, 2.05) is 18.2 Å². The van der Waals surface area contributed by atoms with Crippen molar-refractivity contribution < 1.29 is 9.90 Å². The summed E-state index contributed by atoms with van der Waals surface area (Å²) in [5.74, 6) is 0.0784. The molecule has 3 rings (SSSR count). The van der Waals surface area contributed by atoms with Gasteiger partial charge in [0.25, 0.3) is 0 Å². The van der Waals surface area contributed by atoms with E-state index in [4.69, 9.17) is 0 Å². The molecule has 24 heavy (non-hydrogen) atoms. The lowest BCUT2D eigenvalue weighted by Crippen LogP contribution is -2.17. The van der Waals surface area contributed by atoms with E-state index in [9.17, 15) is 14.7 Å². The molecule has 5 nitrogen and oxygen atoms in total. The summed E-state index contributed by atoms with van der Waals surface area (Å²) in [5.41, 5.74) is 3.09. The fraction of sp³-hybridized carbons (Fsp3) is 0.158. The standard InChI is InChI=1S/C19H18N2O3/c22-12-14-3-1-13(2-4-14)11-20-10-9-15-5-7-17(23)19-16(15)6-8-18(24)21-19/h1-8,12,20,23H,9-11H2,(H,21,24). The number of nitrogens with one attached hydrogen (secondary N) is 2. The Morgan fingerprint density at radius 3 is 2.58 bits per heavy atom. The third kappa shape index (κ3) is 3.52. The molecule has 5 heteroatoms. The molecule has 1 heterocycles. The topological polar surface area (TPSA) is 82.2 Å². The second-order valence-corrected chi connectivity index (χ2v) is 5.64. The van der Waals surface area contributed by atoms with Gasteiger partial charge in [-0.15, -0.1) is 0 Å². The second-order valence-electron chi connectivity index (χ2n) is 5.64. The van der Waals surface area contributed by atoms with E-state index < -0.39 is 0 Å². The molecule has 3 N–H and O–H groups in total. The number of carbonyl (C=O) groups is 1. The first-order valence-corrected chi connectivity index (χ1v) is 7.76. The lowest BCUT2D eigenvalue weighted by Gasteiger charge is -2.09. The molecular weight excluding hydrogens is 304 g/mol. The van der Waals surface area contributed by atoms with Crippen molar-refractivity contribution in [2.24, 2.45) is 0 Å². The first-order chi connectivity index (χ1) is 11.7. The summed E-state index contributed by atoms with van der Waals surface area (Å²) in [5, 5.41) is 14.1. The van der Waals surface area contributed by atoms with Crippen molar-refractivity contribution in [3.05, 3.63) is 75.6 Å². The van der Waals surface area contributed by atoms with Crippen LogP contribution in [0.5, 0.6) is 5.75 Å². The van der Waals surface area contributed by atoms with E-state index in [0.29, 0.717) is 17.6 Å². The Hall–Kier alpha value is -2.92. The first-order valence-electron chi connectivity index (χ1n) is 7.76. The summed E-state index contributed by atoms with van der Waals surface area (Å²) in [6, 6.07) is 14.1. The Balaban J connectivity index is 1.64. The molecule has 0 unspecified atom stereocenters. The number of pyridine rings is 1. The van der Waals surface area contributed by atoms with Gasteiger partial charge in [0.05, 0.1) is 5.52 Å². The van der Waals surface area contributed by atoms with Crippen molar-refractivity contribution in [3.8, 4) is 5.75 Å². The Morgan fingerprint density at radius 2 is 1.83 bits per heavy atom. The van der Waals surface area contributed by atoms with Gasteiger partial charge in [-0.1, -0.05) is 30.3 Å². The maximum Gasteiger partial charge on any atom is 0.248 e. The van der Waals surface area contributed by atoms with Crippen molar-refractivity contribution in [3.63, 3.8) is 0 Å². The molecule has 122 valence electrons. The van der Waals surface area contributed by atoms with Crippen LogP contribution in [0.3, 0.4) is 0 Å². The number of aromatic nitrogens is 1. The third-order valence-corrected chi connectivity index (χ3v) is 3.98. The maximum absolute atomic E-state index is 11.4. The zero-order chi connectivity index (χ0) is 16.9. The third-order valence-electron chi connectivity index (χ3n) is 3.98. The highest BCUT2D eigenvalue weighted by Gasteiger charge is 2.06. The lowest BCUT2D eigenvalue weighted by molar-refractivity contribution is 0.112. The number of phenolic OH excluding ortho intramolecular Hbond substituents is 1. The average Bonchev–Trinajstić information content (AvgIpc) is 2.61. The molecule has 0 aliphatic heterocycles. The summed E-state index contributed by atoms with van der Waals surface area (Å²) in [6.07, 6.45) is 1.60. The molecule has 0 saturated carbocycles. The monoisotopic (exact) mass is 322 g/mol. The Labute approximate surface area is 139 Å². The van der Waals surface area contributed by atoms with Crippen LogP contribution in [0.4, 0.5) is 0 Å². The van der Waals surface area contributed by atoms with Gasteiger partial charge in [0.15, 0.2) is 0 Å². The highest BCUT2D eigenvalue weighted by molar-refractivity contribution is 5.87. The molecule has 3 aromatic rings. The van der Waals surface area contributed by atoms with Crippen LogP contribution >= 0.6 is 0 Å².